The summed E-state index contributed by atoms with van der Waals surface area (Å²) in [7, 11) is 0. The number of hydrogen-bond donors (Lipinski definition) is 2. The Morgan fingerprint density at radius 2 is 1.86 bits per heavy atom. The Labute approximate surface area is 178 Å². The van der Waals surface area contributed by atoms with E-state index in [4.69, 9.17) is 9.84 Å². The number of carboxylic acids is 1. The Bertz CT molecular complexity index is 824. The van der Waals surface area contributed by atoms with Crippen molar-refractivity contribution in [2.75, 3.05) is 6.54 Å². The third kappa shape index (κ3) is 6.34. The van der Waals surface area contributed by atoms with Gasteiger partial charge in [-0.2, -0.15) is 0 Å². The minimum Gasteiger partial charge on any atom is -0.485 e. The Morgan fingerprint density at radius 3 is 2.43 bits per heavy atom. The van der Waals surface area contributed by atoms with Crippen LogP contribution in [0, 0.1) is 19.8 Å². The maximum absolute atomic E-state index is 12.2. The number of aliphatic carboxylic acids is 1. The fourth-order valence-electron chi connectivity index (χ4n) is 2.81. The molecule has 1 aromatic heterocycles. The number of aryl methyl sites for hydroxylation is 2. The van der Waals surface area contributed by atoms with E-state index in [1.807, 2.05) is 32.0 Å². The van der Waals surface area contributed by atoms with Crippen molar-refractivity contribution in [3.8, 4) is 5.75 Å². The molecule has 2 N–H and O–H groups in total. The summed E-state index contributed by atoms with van der Waals surface area (Å²) in [4.78, 5) is 24.4. The van der Waals surface area contributed by atoms with Gasteiger partial charge in [-0.3, -0.25) is 9.59 Å². The molecule has 1 amide bonds. The summed E-state index contributed by atoms with van der Waals surface area (Å²) >= 11 is 4.97. The van der Waals surface area contributed by atoms with Crippen molar-refractivity contribution >= 4 is 39.1 Å². The van der Waals surface area contributed by atoms with E-state index in [1.54, 1.807) is 6.07 Å². The minimum atomic E-state index is -0.933. The van der Waals surface area contributed by atoms with Crippen molar-refractivity contribution in [2.45, 2.75) is 46.6 Å². The van der Waals surface area contributed by atoms with Crippen molar-refractivity contribution in [3.63, 3.8) is 0 Å². The lowest BCUT2D eigenvalue weighted by atomic mass is 10.0. The number of carbonyl (C=O) groups excluding carboxylic acids is 1. The fourth-order valence-corrected chi connectivity index (χ4v) is 4.00. The molecule has 0 saturated heterocycles. The van der Waals surface area contributed by atoms with Crippen LogP contribution in [-0.2, 0) is 4.79 Å². The molecule has 0 radical (unpaired) electrons. The molecule has 0 aliphatic rings. The summed E-state index contributed by atoms with van der Waals surface area (Å²) in [5.41, 5.74) is 2.23. The molecule has 1 unspecified atom stereocenters. The lowest BCUT2D eigenvalue weighted by molar-refractivity contribution is -0.136. The summed E-state index contributed by atoms with van der Waals surface area (Å²) in [6, 6.07) is 7.71. The summed E-state index contributed by atoms with van der Waals surface area (Å²) in [6.07, 6.45) is 0.589. The van der Waals surface area contributed by atoms with Gasteiger partial charge in [-0.15, -0.1) is 11.3 Å². The number of nitrogens with one attached hydrogen (secondary N) is 1. The number of thiophene rings is 1. The number of carbonyl (C=O) groups is 2. The molecular weight excluding hydrogens is 442 g/mol. The summed E-state index contributed by atoms with van der Waals surface area (Å²) in [5, 5.41) is 11.3. The van der Waals surface area contributed by atoms with Gasteiger partial charge in [0.1, 0.15) is 11.9 Å². The van der Waals surface area contributed by atoms with Crippen LogP contribution >= 0.6 is 27.3 Å². The number of hydrogen-bond acceptors (Lipinski definition) is 4. The van der Waals surface area contributed by atoms with E-state index in [-0.39, 0.29) is 25.0 Å². The van der Waals surface area contributed by atoms with Crippen LogP contribution < -0.4 is 10.1 Å². The van der Waals surface area contributed by atoms with Crippen LogP contribution in [-0.4, -0.2) is 23.5 Å². The molecule has 0 bridgehead atoms. The number of halogens is 1. The van der Waals surface area contributed by atoms with Crippen LogP contribution in [0.1, 0.15) is 58.5 Å². The zero-order chi connectivity index (χ0) is 20.8. The Kier molecular flexibility index (Phi) is 8.07. The zero-order valence-electron chi connectivity index (χ0n) is 16.5. The second kappa shape index (κ2) is 10.1. The number of benzene rings is 1. The highest BCUT2D eigenvalue weighted by molar-refractivity contribution is 9.10. The van der Waals surface area contributed by atoms with Gasteiger partial charge < -0.3 is 15.2 Å². The van der Waals surface area contributed by atoms with Gasteiger partial charge in [0, 0.05) is 15.9 Å². The monoisotopic (exact) mass is 467 g/mol. The van der Waals surface area contributed by atoms with Gasteiger partial charge in [0.05, 0.1) is 11.3 Å². The third-order valence-electron chi connectivity index (χ3n) is 4.17. The molecule has 0 aliphatic carbocycles. The molecule has 1 atom stereocenters. The van der Waals surface area contributed by atoms with Crippen molar-refractivity contribution in [1.82, 2.24) is 5.32 Å². The van der Waals surface area contributed by atoms with Crippen LogP contribution in [0.2, 0.25) is 0 Å². The summed E-state index contributed by atoms with van der Waals surface area (Å²) < 4.78 is 7.39. The van der Waals surface area contributed by atoms with E-state index >= 15 is 0 Å². The quantitative estimate of drug-likeness (QED) is 0.510. The maximum atomic E-state index is 12.2. The van der Waals surface area contributed by atoms with E-state index in [0.717, 1.165) is 32.6 Å². The van der Waals surface area contributed by atoms with Crippen LogP contribution in [0.15, 0.2) is 28.7 Å². The van der Waals surface area contributed by atoms with Gasteiger partial charge in [0.2, 0.25) is 0 Å². The molecule has 1 heterocycles. The first kappa shape index (κ1) is 22.4. The van der Waals surface area contributed by atoms with Crippen molar-refractivity contribution in [1.29, 1.82) is 0 Å². The molecule has 0 aliphatic heterocycles. The highest BCUT2D eigenvalue weighted by atomic mass is 79.9. The van der Waals surface area contributed by atoms with Gasteiger partial charge in [0.25, 0.3) is 5.91 Å². The summed E-state index contributed by atoms with van der Waals surface area (Å²) in [5.74, 6) is 0.0519. The molecule has 152 valence electrons. The molecule has 1 aromatic carbocycles. The first-order valence-electron chi connectivity index (χ1n) is 9.20. The molecule has 5 nitrogen and oxygen atoms in total. The van der Waals surface area contributed by atoms with E-state index in [0.29, 0.717) is 10.8 Å². The van der Waals surface area contributed by atoms with Gasteiger partial charge >= 0.3 is 5.97 Å². The lowest BCUT2D eigenvalue weighted by Gasteiger charge is -2.21. The number of ether oxygens (including phenoxy) is 1. The van der Waals surface area contributed by atoms with Crippen molar-refractivity contribution < 1.29 is 19.4 Å². The second-order valence-electron chi connectivity index (χ2n) is 7.21. The first-order chi connectivity index (χ1) is 13.2. The second-order valence-corrected chi connectivity index (χ2v) is 9.12. The molecule has 2 rings (SSSR count). The third-order valence-corrected chi connectivity index (χ3v) is 6.59. The summed E-state index contributed by atoms with van der Waals surface area (Å²) in [6.45, 7) is 8.46. The van der Waals surface area contributed by atoms with Gasteiger partial charge in [-0.05, 0) is 61.6 Å². The van der Waals surface area contributed by atoms with E-state index in [9.17, 15) is 9.59 Å². The smallest absolute Gasteiger partial charge is 0.305 e. The average molecular weight is 468 g/mol. The van der Waals surface area contributed by atoms with E-state index < -0.39 is 5.97 Å². The zero-order valence-corrected chi connectivity index (χ0v) is 18.9. The number of rotatable bonds is 9. The van der Waals surface area contributed by atoms with Crippen LogP contribution in [0.5, 0.6) is 5.75 Å². The molecule has 0 spiro atoms. The lowest BCUT2D eigenvalue weighted by Crippen LogP contribution is -2.25. The van der Waals surface area contributed by atoms with E-state index in [1.165, 1.54) is 11.3 Å². The molecule has 0 saturated carbocycles. The Morgan fingerprint density at radius 1 is 1.21 bits per heavy atom. The normalized spacial score (nSPS) is 12.1. The van der Waals surface area contributed by atoms with Crippen LogP contribution in [0.25, 0.3) is 0 Å². The van der Waals surface area contributed by atoms with Gasteiger partial charge in [-0.25, -0.2) is 0 Å². The van der Waals surface area contributed by atoms with Crippen molar-refractivity contribution in [2.24, 2.45) is 5.92 Å². The standard InChI is InChI=1S/C21H26BrNO4S/c1-12(2)9-16(27-15-10-13(3)20(22)14(4)11-15)17-5-6-18(28-17)21(26)23-8-7-19(24)25/h5-6,10-12,16H,7-9H2,1-4H3,(H,23,26)(H,24,25). The Hall–Kier alpha value is -1.86. The largest absolute Gasteiger partial charge is 0.485 e. The topological polar surface area (TPSA) is 75.6 Å². The van der Waals surface area contributed by atoms with Gasteiger partial charge in [-0.1, -0.05) is 29.8 Å². The first-order valence-corrected chi connectivity index (χ1v) is 10.8. The molecule has 2 aromatic rings. The number of amides is 1. The predicted molar refractivity (Wildman–Crippen MR) is 115 cm³/mol. The maximum Gasteiger partial charge on any atom is 0.305 e. The molecule has 7 heteroatoms. The SMILES string of the molecule is Cc1cc(OC(CC(C)C)c2ccc(C(=O)NCCC(=O)O)s2)cc(C)c1Br. The molecule has 0 fully saturated rings. The molecular formula is C21H26BrNO4S. The van der Waals surface area contributed by atoms with E-state index in [2.05, 4.69) is 35.1 Å². The van der Waals surface area contributed by atoms with Crippen molar-refractivity contribution in [3.05, 3.63) is 49.6 Å². The van der Waals surface area contributed by atoms with Crippen LogP contribution in [0.3, 0.4) is 0 Å². The average Bonchev–Trinajstić information content (AvgIpc) is 3.08. The van der Waals surface area contributed by atoms with Crippen LogP contribution in [0.4, 0.5) is 0 Å². The van der Waals surface area contributed by atoms with Gasteiger partial charge in [0.15, 0.2) is 0 Å². The minimum absolute atomic E-state index is 0.0919. The highest BCUT2D eigenvalue weighted by Gasteiger charge is 2.20. The number of carboxylic acid groups (broad SMARTS) is 1. The fraction of sp³-hybridized carbons (Fsp3) is 0.429. The Balaban J connectivity index is 2.16. The molecule has 28 heavy (non-hydrogen) atoms. The predicted octanol–water partition coefficient (Wildman–Crippen LogP) is 5.50. The highest BCUT2D eigenvalue weighted by Crippen LogP contribution is 2.34.